The van der Waals surface area contributed by atoms with Gasteiger partial charge in [-0.3, -0.25) is 0 Å². The molecule has 1 fully saturated rings. The minimum absolute atomic E-state index is 0. The maximum absolute atomic E-state index is 5.47. The number of hydrogen-bond donors (Lipinski definition) is 2. The van der Waals surface area contributed by atoms with Gasteiger partial charge in [0.15, 0.2) is 11.8 Å². The number of aliphatic imine (C=N–C) groups is 1. The first kappa shape index (κ1) is 23.1. The fourth-order valence-corrected chi connectivity index (χ4v) is 3.18. The third kappa shape index (κ3) is 8.20. The highest BCUT2D eigenvalue weighted by Gasteiger charge is 2.14. The van der Waals surface area contributed by atoms with Gasteiger partial charge in [-0.15, -0.1) is 24.0 Å². The molecule has 150 valence electrons. The van der Waals surface area contributed by atoms with Gasteiger partial charge < -0.3 is 19.9 Å². The molecule has 26 heavy (non-hydrogen) atoms. The van der Waals surface area contributed by atoms with Crippen molar-refractivity contribution in [3.05, 3.63) is 11.7 Å². The highest BCUT2D eigenvalue weighted by molar-refractivity contribution is 14.0. The normalized spacial score (nSPS) is 16.8. The minimum Gasteiger partial charge on any atom is -0.371 e. The van der Waals surface area contributed by atoms with E-state index in [0.29, 0.717) is 24.9 Å². The van der Waals surface area contributed by atoms with Gasteiger partial charge in [-0.2, -0.15) is 4.98 Å². The van der Waals surface area contributed by atoms with E-state index in [1.165, 1.54) is 38.5 Å². The predicted molar refractivity (Wildman–Crippen MR) is 114 cm³/mol. The van der Waals surface area contributed by atoms with Crippen LogP contribution in [0.4, 0.5) is 0 Å². The van der Waals surface area contributed by atoms with Crippen molar-refractivity contribution in [1.82, 2.24) is 20.8 Å². The molecule has 1 atom stereocenters. The van der Waals surface area contributed by atoms with E-state index >= 15 is 0 Å². The lowest BCUT2D eigenvalue weighted by molar-refractivity contribution is 0.0683. The number of guanidine groups is 1. The van der Waals surface area contributed by atoms with Gasteiger partial charge in [0, 0.05) is 19.7 Å². The topological polar surface area (TPSA) is 84.6 Å². The van der Waals surface area contributed by atoms with Crippen molar-refractivity contribution in [3.63, 3.8) is 0 Å². The highest BCUT2D eigenvalue weighted by Crippen LogP contribution is 2.25. The molecule has 1 heterocycles. The average molecular weight is 479 g/mol. The Morgan fingerprint density at radius 1 is 1.27 bits per heavy atom. The second-order valence-corrected chi connectivity index (χ2v) is 6.56. The summed E-state index contributed by atoms with van der Waals surface area (Å²) in [5.74, 6) is 2.74. The van der Waals surface area contributed by atoms with Crippen LogP contribution in [0.5, 0.6) is 0 Å². The van der Waals surface area contributed by atoms with Crippen LogP contribution >= 0.6 is 24.0 Å². The maximum Gasteiger partial charge on any atom is 0.248 e. The fraction of sp³-hybridized carbons (Fsp3) is 0.833. The Kier molecular flexibility index (Phi) is 11.8. The molecule has 1 saturated carbocycles. The van der Waals surface area contributed by atoms with Crippen LogP contribution < -0.4 is 10.6 Å². The third-order valence-electron chi connectivity index (χ3n) is 4.55. The van der Waals surface area contributed by atoms with Crippen molar-refractivity contribution in [2.24, 2.45) is 10.9 Å². The fourth-order valence-electron chi connectivity index (χ4n) is 3.18. The highest BCUT2D eigenvalue weighted by atomic mass is 127. The van der Waals surface area contributed by atoms with Gasteiger partial charge in [-0.05, 0) is 33.1 Å². The van der Waals surface area contributed by atoms with E-state index in [0.717, 1.165) is 25.0 Å². The van der Waals surface area contributed by atoms with Crippen LogP contribution in [0.25, 0.3) is 0 Å². The van der Waals surface area contributed by atoms with E-state index in [1.54, 1.807) is 0 Å². The third-order valence-corrected chi connectivity index (χ3v) is 4.55. The second kappa shape index (κ2) is 13.3. The summed E-state index contributed by atoms with van der Waals surface area (Å²) in [6.45, 7) is 8.69. The van der Waals surface area contributed by atoms with Crippen LogP contribution in [0.15, 0.2) is 9.52 Å². The van der Waals surface area contributed by atoms with Crippen molar-refractivity contribution in [1.29, 1.82) is 0 Å². The molecule has 0 aliphatic heterocycles. The van der Waals surface area contributed by atoms with Gasteiger partial charge in [0.1, 0.15) is 12.6 Å². The first-order chi connectivity index (χ1) is 12.2. The summed E-state index contributed by atoms with van der Waals surface area (Å²) in [6, 6.07) is 0. The quantitative estimate of drug-likeness (QED) is 0.318. The summed E-state index contributed by atoms with van der Waals surface area (Å²) in [5.41, 5.74) is 0. The summed E-state index contributed by atoms with van der Waals surface area (Å²) in [4.78, 5) is 8.89. The van der Waals surface area contributed by atoms with E-state index in [4.69, 9.17) is 9.26 Å². The zero-order valence-corrected chi connectivity index (χ0v) is 18.6. The van der Waals surface area contributed by atoms with Gasteiger partial charge in [0.2, 0.25) is 5.89 Å². The number of nitrogens with zero attached hydrogens (tertiary/aromatic N) is 3. The zero-order chi connectivity index (χ0) is 17.9. The molecule has 2 rings (SSSR count). The van der Waals surface area contributed by atoms with Gasteiger partial charge in [-0.25, -0.2) is 4.99 Å². The Morgan fingerprint density at radius 2 is 2.04 bits per heavy atom. The minimum atomic E-state index is -0.159. The summed E-state index contributed by atoms with van der Waals surface area (Å²) in [6.07, 6.45) is 7.98. The van der Waals surface area contributed by atoms with E-state index in [9.17, 15) is 0 Å². The first-order valence-corrected chi connectivity index (χ1v) is 9.69. The summed E-state index contributed by atoms with van der Waals surface area (Å²) < 4.78 is 10.7. The lowest BCUT2D eigenvalue weighted by atomic mass is 9.87. The number of aromatic nitrogens is 2. The number of halogens is 1. The van der Waals surface area contributed by atoms with Gasteiger partial charge in [0.05, 0.1) is 0 Å². The summed E-state index contributed by atoms with van der Waals surface area (Å²) in [7, 11) is 0. The van der Waals surface area contributed by atoms with Crippen molar-refractivity contribution in [3.8, 4) is 0 Å². The molecular formula is C18H34IN5O2. The largest absolute Gasteiger partial charge is 0.371 e. The average Bonchev–Trinajstić information content (AvgIpc) is 3.10. The molecule has 1 unspecified atom stereocenters. The van der Waals surface area contributed by atoms with E-state index in [1.807, 2.05) is 13.8 Å². The molecule has 0 bridgehead atoms. The molecule has 1 aromatic heterocycles. The van der Waals surface area contributed by atoms with Gasteiger partial charge >= 0.3 is 0 Å². The Bertz CT molecular complexity index is 517. The van der Waals surface area contributed by atoms with Crippen LogP contribution in [0.2, 0.25) is 0 Å². The molecule has 0 saturated heterocycles. The zero-order valence-electron chi connectivity index (χ0n) is 16.3. The smallest absolute Gasteiger partial charge is 0.248 e. The second-order valence-electron chi connectivity index (χ2n) is 6.56. The monoisotopic (exact) mass is 479 g/mol. The van der Waals surface area contributed by atoms with Crippen LogP contribution in [0.3, 0.4) is 0 Å². The Balaban J connectivity index is 0.00000338. The maximum atomic E-state index is 5.47. The lowest BCUT2D eigenvalue weighted by Gasteiger charge is -2.22. The SMILES string of the molecule is CCNC(=NCc1nc(C(C)OCC)no1)NCCC1CCCCC1.I. The molecule has 1 aromatic rings. The summed E-state index contributed by atoms with van der Waals surface area (Å²) in [5, 5.41) is 10.6. The number of ether oxygens (including phenoxy) is 1. The number of hydrogen-bond acceptors (Lipinski definition) is 5. The molecule has 8 heteroatoms. The Labute approximate surface area is 174 Å². The Hall–Kier alpha value is -0.900. The molecule has 0 amide bonds. The molecule has 1 aliphatic rings. The molecule has 1 aliphatic carbocycles. The van der Waals surface area contributed by atoms with E-state index in [2.05, 4.69) is 32.7 Å². The van der Waals surface area contributed by atoms with Crippen LogP contribution in [0, 0.1) is 5.92 Å². The molecule has 0 spiro atoms. The van der Waals surface area contributed by atoms with Crippen LogP contribution in [-0.2, 0) is 11.3 Å². The Morgan fingerprint density at radius 3 is 2.73 bits per heavy atom. The molecular weight excluding hydrogens is 445 g/mol. The van der Waals surface area contributed by atoms with Crippen LogP contribution in [0.1, 0.15) is 77.1 Å². The van der Waals surface area contributed by atoms with Gasteiger partial charge in [0.25, 0.3) is 0 Å². The molecule has 0 aromatic carbocycles. The molecule has 2 N–H and O–H groups in total. The van der Waals surface area contributed by atoms with E-state index < -0.39 is 0 Å². The van der Waals surface area contributed by atoms with Crippen molar-refractivity contribution in [2.75, 3.05) is 19.7 Å². The molecule has 0 radical (unpaired) electrons. The first-order valence-electron chi connectivity index (χ1n) is 9.69. The van der Waals surface area contributed by atoms with Gasteiger partial charge in [-0.1, -0.05) is 37.3 Å². The lowest BCUT2D eigenvalue weighted by Crippen LogP contribution is -2.38. The summed E-state index contributed by atoms with van der Waals surface area (Å²) >= 11 is 0. The molecule has 7 nitrogen and oxygen atoms in total. The number of rotatable bonds is 9. The standard InChI is InChI=1S/C18H33N5O2.HI/c1-4-19-18(20-12-11-15-9-7-6-8-10-15)21-13-16-22-17(23-25-16)14(3)24-5-2;/h14-15H,4-13H2,1-3H3,(H2,19,20,21);1H. The van der Waals surface area contributed by atoms with Crippen molar-refractivity contribution < 1.29 is 9.26 Å². The predicted octanol–water partition coefficient (Wildman–Crippen LogP) is 3.81. The van der Waals surface area contributed by atoms with E-state index in [-0.39, 0.29) is 30.1 Å². The van der Waals surface area contributed by atoms with Crippen molar-refractivity contribution >= 4 is 29.9 Å². The number of nitrogens with one attached hydrogen (secondary N) is 2. The van der Waals surface area contributed by atoms with Crippen LogP contribution in [-0.4, -0.2) is 35.8 Å². The van der Waals surface area contributed by atoms with Crippen molar-refractivity contribution in [2.45, 2.75) is 71.9 Å².